The third-order valence-electron chi connectivity index (χ3n) is 4.06. The highest BCUT2D eigenvalue weighted by Gasteiger charge is 2.18. The van der Waals surface area contributed by atoms with Crippen molar-refractivity contribution in [1.29, 1.82) is 0 Å². The molecule has 4 aromatic rings. The molecule has 6 heteroatoms. The van der Waals surface area contributed by atoms with Gasteiger partial charge in [-0.3, -0.25) is 0 Å². The molecule has 1 heterocycles. The van der Waals surface area contributed by atoms with Crippen molar-refractivity contribution < 1.29 is 9.50 Å². The largest absolute Gasteiger partial charge is 0.505 e. The number of nitrogens with zero attached hydrogens (tertiary/aromatic N) is 3. The molecule has 0 radical (unpaired) electrons. The Labute approximate surface area is 136 Å². The Morgan fingerprint density at radius 1 is 1.12 bits per heavy atom. The first-order valence-electron chi connectivity index (χ1n) is 7.35. The van der Waals surface area contributed by atoms with E-state index in [0.29, 0.717) is 28.4 Å². The van der Waals surface area contributed by atoms with E-state index >= 15 is 0 Å². The first-order valence-corrected chi connectivity index (χ1v) is 7.35. The van der Waals surface area contributed by atoms with E-state index in [-0.39, 0.29) is 17.3 Å². The Balaban J connectivity index is 1.98. The molecule has 0 aliphatic rings. The zero-order valence-electron chi connectivity index (χ0n) is 12.5. The van der Waals surface area contributed by atoms with E-state index in [2.05, 4.69) is 10.2 Å². The number of hydrogen-bond acceptors (Lipinski definition) is 4. The van der Waals surface area contributed by atoms with Crippen LogP contribution in [0.15, 0.2) is 60.0 Å². The SMILES string of the molecule is O=Nc1c2ccccc2c(O)c2c1ncn2Cc1cccc(F)c1. The van der Waals surface area contributed by atoms with Gasteiger partial charge in [0.15, 0.2) is 0 Å². The zero-order chi connectivity index (χ0) is 16.7. The number of imidazole rings is 1. The van der Waals surface area contributed by atoms with Gasteiger partial charge in [0.25, 0.3) is 0 Å². The van der Waals surface area contributed by atoms with Crippen LogP contribution in [0.3, 0.4) is 0 Å². The Bertz CT molecular complexity index is 1090. The smallest absolute Gasteiger partial charge is 0.149 e. The summed E-state index contributed by atoms with van der Waals surface area (Å²) in [4.78, 5) is 15.6. The van der Waals surface area contributed by atoms with Gasteiger partial charge >= 0.3 is 0 Å². The maximum Gasteiger partial charge on any atom is 0.149 e. The van der Waals surface area contributed by atoms with Crippen molar-refractivity contribution in [2.75, 3.05) is 0 Å². The van der Waals surface area contributed by atoms with Crippen molar-refractivity contribution in [1.82, 2.24) is 9.55 Å². The number of nitroso groups, excluding NO2 is 1. The topological polar surface area (TPSA) is 67.5 Å². The Kier molecular flexibility index (Phi) is 3.23. The van der Waals surface area contributed by atoms with Gasteiger partial charge in [0.2, 0.25) is 0 Å². The van der Waals surface area contributed by atoms with E-state index in [1.54, 1.807) is 41.0 Å². The average molecular weight is 321 g/mol. The number of hydrogen-bond donors (Lipinski definition) is 1. The van der Waals surface area contributed by atoms with E-state index in [9.17, 15) is 14.4 Å². The van der Waals surface area contributed by atoms with Crippen LogP contribution >= 0.6 is 0 Å². The van der Waals surface area contributed by atoms with Crippen LogP contribution in [0.4, 0.5) is 10.1 Å². The maximum absolute atomic E-state index is 13.4. The van der Waals surface area contributed by atoms with Gasteiger partial charge in [0.05, 0.1) is 6.33 Å². The lowest BCUT2D eigenvalue weighted by Gasteiger charge is -2.09. The number of rotatable bonds is 3. The van der Waals surface area contributed by atoms with Crippen molar-refractivity contribution in [3.63, 3.8) is 0 Å². The molecule has 4 rings (SSSR count). The molecule has 0 saturated heterocycles. The van der Waals surface area contributed by atoms with Crippen LogP contribution in [0, 0.1) is 10.7 Å². The summed E-state index contributed by atoms with van der Waals surface area (Å²) < 4.78 is 15.1. The number of aromatic hydroxyl groups is 1. The molecule has 24 heavy (non-hydrogen) atoms. The Morgan fingerprint density at radius 2 is 1.92 bits per heavy atom. The molecule has 1 N–H and O–H groups in total. The second-order valence-corrected chi connectivity index (χ2v) is 5.53. The molecule has 0 spiro atoms. The van der Waals surface area contributed by atoms with Crippen molar-refractivity contribution in [3.8, 4) is 5.75 Å². The predicted octanol–water partition coefficient (Wildman–Crippen LogP) is 4.48. The van der Waals surface area contributed by atoms with E-state index in [0.717, 1.165) is 5.56 Å². The van der Waals surface area contributed by atoms with Gasteiger partial charge in [-0.05, 0) is 22.9 Å². The molecule has 0 aliphatic heterocycles. The zero-order valence-corrected chi connectivity index (χ0v) is 12.5. The van der Waals surface area contributed by atoms with Crippen molar-refractivity contribution in [3.05, 3.63) is 71.1 Å². The third-order valence-corrected chi connectivity index (χ3v) is 4.06. The summed E-state index contributed by atoms with van der Waals surface area (Å²) in [6.07, 6.45) is 1.52. The summed E-state index contributed by atoms with van der Waals surface area (Å²) in [5.74, 6) is -0.302. The standard InChI is InChI=1S/C18H12FN3O2/c19-12-5-3-4-11(8-12)9-22-10-20-16-15(21-24)13-6-1-2-7-14(13)18(23)17(16)22/h1-8,10,23H,9H2. The fourth-order valence-electron chi connectivity index (χ4n) is 3.00. The van der Waals surface area contributed by atoms with Crippen LogP contribution in [0.25, 0.3) is 21.8 Å². The highest BCUT2D eigenvalue weighted by molar-refractivity contribution is 6.12. The van der Waals surface area contributed by atoms with Crippen LogP contribution in [-0.2, 0) is 6.54 Å². The van der Waals surface area contributed by atoms with Gasteiger partial charge in [0, 0.05) is 17.3 Å². The van der Waals surface area contributed by atoms with Crippen LogP contribution in [0.1, 0.15) is 5.56 Å². The molecule has 1 aromatic heterocycles. The van der Waals surface area contributed by atoms with Crippen LogP contribution < -0.4 is 0 Å². The molecule has 0 fully saturated rings. The minimum absolute atomic E-state index is 0.0295. The first-order chi connectivity index (χ1) is 11.7. The minimum Gasteiger partial charge on any atom is -0.505 e. The molecule has 0 aliphatic carbocycles. The maximum atomic E-state index is 13.4. The summed E-state index contributed by atoms with van der Waals surface area (Å²) in [6.45, 7) is 0.318. The predicted molar refractivity (Wildman–Crippen MR) is 89.9 cm³/mol. The highest BCUT2D eigenvalue weighted by Crippen LogP contribution is 2.41. The number of benzene rings is 3. The van der Waals surface area contributed by atoms with Gasteiger partial charge < -0.3 is 9.67 Å². The molecule has 3 aromatic carbocycles. The third kappa shape index (κ3) is 2.11. The quantitative estimate of drug-likeness (QED) is 0.566. The average Bonchev–Trinajstić information content (AvgIpc) is 2.99. The lowest BCUT2D eigenvalue weighted by molar-refractivity contribution is 0.484. The summed E-state index contributed by atoms with van der Waals surface area (Å²) in [6, 6.07) is 13.2. The second kappa shape index (κ2) is 5.42. The number of fused-ring (bicyclic) bond motifs is 2. The van der Waals surface area contributed by atoms with Crippen molar-refractivity contribution in [2.24, 2.45) is 5.18 Å². The van der Waals surface area contributed by atoms with Gasteiger partial charge in [-0.25, -0.2) is 9.37 Å². The first kappa shape index (κ1) is 14.3. The van der Waals surface area contributed by atoms with Crippen LogP contribution in [0.2, 0.25) is 0 Å². The normalized spacial score (nSPS) is 11.2. The lowest BCUT2D eigenvalue weighted by Crippen LogP contribution is -1.98. The van der Waals surface area contributed by atoms with E-state index in [1.165, 1.54) is 18.5 Å². The summed E-state index contributed by atoms with van der Waals surface area (Å²) in [5, 5.41) is 14.8. The van der Waals surface area contributed by atoms with Gasteiger partial charge in [0.1, 0.15) is 28.3 Å². The van der Waals surface area contributed by atoms with E-state index in [4.69, 9.17) is 0 Å². The molecule has 0 saturated carbocycles. The van der Waals surface area contributed by atoms with Crippen molar-refractivity contribution in [2.45, 2.75) is 6.54 Å². The molecular formula is C18H12FN3O2. The van der Waals surface area contributed by atoms with Crippen LogP contribution in [-0.4, -0.2) is 14.7 Å². The highest BCUT2D eigenvalue weighted by atomic mass is 19.1. The lowest BCUT2D eigenvalue weighted by atomic mass is 10.1. The van der Waals surface area contributed by atoms with Crippen molar-refractivity contribution >= 4 is 27.5 Å². The monoisotopic (exact) mass is 321 g/mol. The van der Waals surface area contributed by atoms with Gasteiger partial charge in [-0.15, -0.1) is 4.91 Å². The number of halogens is 1. The number of aromatic nitrogens is 2. The molecule has 0 unspecified atom stereocenters. The van der Waals surface area contributed by atoms with Gasteiger partial charge in [-0.2, -0.15) is 0 Å². The van der Waals surface area contributed by atoms with E-state index < -0.39 is 0 Å². The molecule has 0 atom stereocenters. The summed E-state index contributed by atoms with van der Waals surface area (Å²) >= 11 is 0. The molecular weight excluding hydrogens is 309 g/mol. The molecule has 0 amide bonds. The summed E-state index contributed by atoms with van der Waals surface area (Å²) in [5.41, 5.74) is 1.66. The minimum atomic E-state index is -0.332. The molecule has 5 nitrogen and oxygen atoms in total. The number of phenolic OH excluding ortho intramolecular Hbond substituents is 1. The summed E-state index contributed by atoms with van der Waals surface area (Å²) in [7, 11) is 0. The fraction of sp³-hybridized carbons (Fsp3) is 0.0556. The Morgan fingerprint density at radius 3 is 2.67 bits per heavy atom. The van der Waals surface area contributed by atoms with E-state index in [1.807, 2.05) is 0 Å². The Hall–Kier alpha value is -3.28. The number of phenols is 1. The van der Waals surface area contributed by atoms with Gasteiger partial charge in [-0.1, -0.05) is 36.4 Å². The fourth-order valence-corrected chi connectivity index (χ4v) is 3.00. The molecule has 118 valence electrons. The van der Waals surface area contributed by atoms with Crippen LogP contribution in [0.5, 0.6) is 5.75 Å². The second-order valence-electron chi connectivity index (χ2n) is 5.53. The molecule has 0 bridgehead atoms.